The van der Waals surface area contributed by atoms with Crippen molar-refractivity contribution in [1.29, 1.82) is 0 Å². The first-order chi connectivity index (χ1) is 8.08. The van der Waals surface area contributed by atoms with Gasteiger partial charge >= 0.3 is 13.6 Å². The topological polar surface area (TPSA) is 123 Å². The van der Waals surface area contributed by atoms with E-state index in [4.69, 9.17) is 24.4 Å². The van der Waals surface area contributed by atoms with Crippen LogP contribution >= 0.6 is 7.60 Å². The first-order valence-corrected chi connectivity index (χ1v) is 6.67. The van der Waals surface area contributed by atoms with Crippen LogP contribution in [0.25, 0.3) is 0 Å². The molecule has 3 N–H and O–H groups in total. The van der Waals surface area contributed by atoms with Crippen LogP contribution in [0, 0.1) is 0 Å². The molecule has 9 heteroatoms. The van der Waals surface area contributed by atoms with E-state index in [2.05, 4.69) is 4.74 Å². The molecule has 0 amide bonds. The van der Waals surface area contributed by atoms with Crippen LogP contribution in [0.15, 0.2) is 0 Å². The highest BCUT2D eigenvalue weighted by Gasteiger charge is 2.29. The maximum Gasteiger partial charge on any atom is 0.341 e. The van der Waals surface area contributed by atoms with Crippen molar-refractivity contribution in [3.8, 4) is 0 Å². The largest absolute Gasteiger partial charge is 0.463 e. The van der Waals surface area contributed by atoms with Crippen LogP contribution in [0.3, 0.4) is 0 Å². The van der Waals surface area contributed by atoms with E-state index in [-0.39, 0.29) is 39.6 Å². The number of aliphatic hydroxyl groups excluding tert-OH is 3. The van der Waals surface area contributed by atoms with E-state index in [0.29, 0.717) is 0 Å². The monoisotopic (exact) mass is 272 g/mol. The average Bonchev–Trinajstić information content (AvgIpc) is 2.31. The second kappa shape index (κ2) is 9.52. The zero-order valence-electron chi connectivity index (χ0n) is 9.28. The smallest absolute Gasteiger partial charge is 0.341 e. The number of ether oxygens (including phenoxy) is 1. The SMILES string of the molecule is O=C(CP(=O)(OCCO)OCCO)OCCO. The summed E-state index contributed by atoms with van der Waals surface area (Å²) in [5, 5.41) is 25.5. The molecular formula is C8H17O8P. The molecule has 0 bridgehead atoms. The lowest BCUT2D eigenvalue weighted by Crippen LogP contribution is -2.16. The molecule has 0 aromatic heterocycles. The minimum atomic E-state index is -3.72. The van der Waals surface area contributed by atoms with Crippen molar-refractivity contribution in [3.05, 3.63) is 0 Å². The number of hydrogen-bond donors (Lipinski definition) is 3. The standard InChI is InChI=1S/C8H17O8P/c9-1-4-14-8(12)7-17(13,15-5-2-10)16-6-3-11/h9-11H,1-7H2. The molecule has 17 heavy (non-hydrogen) atoms. The Morgan fingerprint density at radius 3 is 1.82 bits per heavy atom. The number of carbonyl (C=O) groups excluding carboxylic acids is 1. The van der Waals surface area contributed by atoms with Gasteiger partial charge in [0.25, 0.3) is 0 Å². The molecule has 0 aliphatic heterocycles. The second-order valence-electron chi connectivity index (χ2n) is 2.83. The Morgan fingerprint density at radius 1 is 0.941 bits per heavy atom. The summed E-state index contributed by atoms with van der Waals surface area (Å²) in [6.07, 6.45) is -0.632. The Hall–Kier alpha value is -0.500. The summed E-state index contributed by atoms with van der Waals surface area (Å²) in [7, 11) is -3.72. The van der Waals surface area contributed by atoms with Gasteiger partial charge in [-0.15, -0.1) is 0 Å². The highest BCUT2D eigenvalue weighted by Crippen LogP contribution is 2.47. The Kier molecular flexibility index (Phi) is 9.24. The zero-order chi connectivity index (χ0) is 13.1. The molecule has 0 fully saturated rings. The van der Waals surface area contributed by atoms with Gasteiger partial charge in [-0.1, -0.05) is 0 Å². The molecule has 0 rings (SSSR count). The third kappa shape index (κ3) is 8.25. The highest BCUT2D eigenvalue weighted by molar-refractivity contribution is 7.54. The van der Waals surface area contributed by atoms with E-state index in [1.807, 2.05) is 0 Å². The number of esters is 1. The minimum absolute atomic E-state index is 0.209. The summed E-state index contributed by atoms with van der Waals surface area (Å²) in [5.41, 5.74) is 0. The molecule has 0 aliphatic rings. The molecule has 0 unspecified atom stereocenters. The summed E-state index contributed by atoms with van der Waals surface area (Å²) < 4.78 is 25.9. The fourth-order valence-electron chi connectivity index (χ4n) is 0.852. The van der Waals surface area contributed by atoms with Gasteiger partial charge in [-0.05, 0) is 0 Å². The van der Waals surface area contributed by atoms with E-state index in [9.17, 15) is 9.36 Å². The number of hydrogen-bond acceptors (Lipinski definition) is 8. The summed E-state index contributed by atoms with van der Waals surface area (Å²) in [5.74, 6) is -0.849. The molecule has 0 atom stereocenters. The van der Waals surface area contributed by atoms with E-state index in [1.54, 1.807) is 0 Å². The fourth-order valence-corrected chi connectivity index (χ4v) is 2.24. The normalized spacial score (nSPS) is 11.5. The Bertz CT molecular complexity index is 244. The Labute approximate surface area is 98.6 Å². The quantitative estimate of drug-likeness (QED) is 0.332. The fraction of sp³-hybridized carbons (Fsp3) is 0.875. The van der Waals surface area contributed by atoms with Gasteiger partial charge in [0.15, 0.2) is 0 Å². The van der Waals surface area contributed by atoms with Gasteiger partial charge in [0.1, 0.15) is 12.8 Å². The van der Waals surface area contributed by atoms with Crippen LogP contribution in [0.5, 0.6) is 0 Å². The third-order valence-corrected chi connectivity index (χ3v) is 3.23. The Morgan fingerprint density at radius 2 is 1.41 bits per heavy atom. The van der Waals surface area contributed by atoms with Crippen molar-refractivity contribution in [2.75, 3.05) is 45.8 Å². The molecule has 8 nitrogen and oxygen atoms in total. The summed E-state index contributed by atoms with van der Waals surface area (Å²) in [6.45, 7) is -1.81. The van der Waals surface area contributed by atoms with Crippen molar-refractivity contribution >= 4 is 13.6 Å². The average molecular weight is 272 g/mol. The lowest BCUT2D eigenvalue weighted by atomic mass is 10.7. The summed E-state index contributed by atoms with van der Waals surface area (Å²) in [6, 6.07) is 0. The molecule has 0 saturated carbocycles. The number of aliphatic hydroxyl groups is 3. The molecule has 0 heterocycles. The lowest BCUT2D eigenvalue weighted by molar-refractivity contribution is -0.141. The second-order valence-corrected chi connectivity index (χ2v) is 4.88. The van der Waals surface area contributed by atoms with Gasteiger partial charge < -0.3 is 29.1 Å². The van der Waals surface area contributed by atoms with Crippen molar-refractivity contribution < 1.29 is 38.5 Å². The summed E-state index contributed by atoms with van der Waals surface area (Å²) in [4.78, 5) is 11.2. The predicted molar refractivity (Wildman–Crippen MR) is 56.6 cm³/mol. The van der Waals surface area contributed by atoms with Crippen LogP contribution < -0.4 is 0 Å². The summed E-state index contributed by atoms with van der Waals surface area (Å²) >= 11 is 0. The van der Waals surface area contributed by atoms with Crippen molar-refractivity contribution in [1.82, 2.24) is 0 Å². The maximum absolute atomic E-state index is 11.9. The first-order valence-electron chi connectivity index (χ1n) is 4.94. The van der Waals surface area contributed by atoms with Gasteiger partial charge in [-0.25, -0.2) is 0 Å². The number of rotatable bonds is 10. The van der Waals surface area contributed by atoms with Crippen molar-refractivity contribution in [2.24, 2.45) is 0 Å². The van der Waals surface area contributed by atoms with Crippen molar-refractivity contribution in [2.45, 2.75) is 0 Å². The molecule has 0 saturated heterocycles. The van der Waals surface area contributed by atoms with Crippen LogP contribution in [-0.4, -0.2) is 67.1 Å². The van der Waals surface area contributed by atoms with Crippen molar-refractivity contribution in [3.63, 3.8) is 0 Å². The first kappa shape index (κ1) is 16.5. The van der Waals surface area contributed by atoms with E-state index < -0.39 is 19.7 Å². The van der Waals surface area contributed by atoms with Gasteiger partial charge in [0, 0.05) is 0 Å². The number of carbonyl (C=O) groups is 1. The third-order valence-electron chi connectivity index (χ3n) is 1.44. The van der Waals surface area contributed by atoms with Crippen LogP contribution in [0.2, 0.25) is 0 Å². The zero-order valence-corrected chi connectivity index (χ0v) is 10.2. The Balaban J connectivity index is 4.25. The maximum atomic E-state index is 11.9. The van der Waals surface area contributed by atoms with E-state index in [0.717, 1.165) is 0 Å². The van der Waals surface area contributed by atoms with Gasteiger partial charge in [-0.2, -0.15) is 0 Å². The van der Waals surface area contributed by atoms with Gasteiger partial charge in [0.05, 0.1) is 33.0 Å². The molecule has 0 aromatic rings. The molecule has 0 spiro atoms. The molecule has 0 radical (unpaired) electrons. The van der Waals surface area contributed by atoms with Gasteiger partial charge in [0.2, 0.25) is 0 Å². The lowest BCUT2D eigenvalue weighted by Gasteiger charge is -2.16. The van der Waals surface area contributed by atoms with Crippen LogP contribution in [0.1, 0.15) is 0 Å². The minimum Gasteiger partial charge on any atom is -0.463 e. The van der Waals surface area contributed by atoms with E-state index >= 15 is 0 Å². The highest BCUT2D eigenvalue weighted by atomic mass is 31.2. The molecule has 0 aliphatic carbocycles. The molecule has 0 aromatic carbocycles. The predicted octanol–water partition coefficient (Wildman–Crippen LogP) is -1.27. The van der Waals surface area contributed by atoms with Crippen LogP contribution in [-0.2, 0) is 23.1 Å². The van der Waals surface area contributed by atoms with E-state index in [1.165, 1.54) is 0 Å². The molecular weight excluding hydrogens is 255 g/mol. The van der Waals surface area contributed by atoms with Crippen LogP contribution in [0.4, 0.5) is 0 Å². The van der Waals surface area contributed by atoms with Gasteiger partial charge in [-0.3, -0.25) is 9.36 Å². The molecule has 102 valence electrons.